The van der Waals surface area contributed by atoms with Crippen LogP contribution in [0.25, 0.3) is 0 Å². The predicted molar refractivity (Wildman–Crippen MR) is 36.1 cm³/mol. The van der Waals surface area contributed by atoms with Crippen LogP contribution in [0.5, 0.6) is 0 Å². The van der Waals surface area contributed by atoms with Gasteiger partial charge in [-0.15, -0.1) is 12.4 Å². The first kappa shape index (κ1) is 11.9. The highest BCUT2D eigenvalue weighted by Crippen LogP contribution is 2.03. The molecule has 0 radical (unpaired) electrons. The van der Waals surface area contributed by atoms with Crippen molar-refractivity contribution in [3.8, 4) is 0 Å². The molecule has 4 heteroatoms. The third kappa shape index (κ3) is 11.6. The van der Waals surface area contributed by atoms with E-state index in [9.17, 15) is 8.78 Å². The lowest BCUT2D eigenvalue weighted by Gasteiger charge is -2.01. The van der Waals surface area contributed by atoms with Crippen molar-refractivity contribution in [3.05, 3.63) is 0 Å². The maximum absolute atomic E-state index is 11.3. The van der Waals surface area contributed by atoms with Gasteiger partial charge in [-0.1, -0.05) is 0 Å². The Morgan fingerprint density at radius 1 is 1.33 bits per heavy atom. The van der Waals surface area contributed by atoms with Crippen LogP contribution in [-0.2, 0) is 0 Å². The first-order valence-corrected chi connectivity index (χ1v) is 2.66. The molecule has 0 bridgehead atoms. The zero-order valence-electron chi connectivity index (χ0n) is 5.31. The molecule has 0 spiro atoms. The number of nitrogens with two attached hydrogens (primary N) is 1. The number of alkyl halides is 2. The molecule has 0 aromatic rings. The van der Waals surface area contributed by atoms with Gasteiger partial charge < -0.3 is 5.73 Å². The molecule has 1 nitrogen and oxygen atoms in total. The van der Waals surface area contributed by atoms with Crippen LogP contribution in [0.3, 0.4) is 0 Å². The summed E-state index contributed by atoms with van der Waals surface area (Å²) in [5, 5.41) is 0. The molecule has 1 unspecified atom stereocenters. The highest BCUT2D eigenvalue weighted by molar-refractivity contribution is 5.85. The molecule has 0 saturated heterocycles. The lowest BCUT2D eigenvalue weighted by Crippen LogP contribution is -2.15. The average molecular weight is 160 g/mol. The van der Waals surface area contributed by atoms with Gasteiger partial charge in [0, 0.05) is 12.5 Å². The molecular formula is C5H12ClF2N. The molecule has 2 N–H and O–H groups in total. The van der Waals surface area contributed by atoms with Gasteiger partial charge in [0.2, 0.25) is 6.43 Å². The Morgan fingerprint density at radius 3 is 1.89 bits per heavy atom. The van der Waals surface area contributed by atoms with Crippen LogP contribution in [0.2, 0.25) is 0 Å². The fraction of sp³-hybridized carbons (Fsp3) is 1.00. The van der Waals surface area contributed by atoms with Crippen LogP contribution in [0.1, 0.15) is 19.8 Å². The van der Waals surface area contributed by atoms with Crippen molar-refractivity contribution in [1.82, 2.24) is 0 Å². The Hall–Kier alpha value is 0.110. The summed E-state index contributed by atoms with van der Waals surface area (Å²) < 4.78 is 22.7. The van der Waals surface area contributed by atoms with Gasteiger partial charge in [0.25, 0.3) is 0 Å². The third-order valence-corrected chi connectivity index (χ3v) is 0.840. The van der Waals surface area contributed by atoms with Gasteiger partial charge in [0.1, 0.15) is 0 Å². The molecule has 0 aliphatic carbocycles. The molecule has 0 heterocycles. The summed E-state index contributed by atoms with van der Waals surface area (Å²) >= 11 is 0. The van der Waals surface area contributed by atoms with Crippen molar-refractivity contribution in [2.45, 2.75) is 32.2 Å². The van der Waals surface area contributed by atoms with E-state index < -0.39 is 6.43 Å². The minimum Gasteiger partial charge on any atom is -0.328 e. The van der Waals surface area contributed by atoms with Crippen LogP contribution in [0.15, 0.2) is 0 Å². The van der Waals surface area contributed by atoms with Crippen molar-refractivity contribution >= 4 is 12.4 Å². The summed E-state index contributed by atoms with van der Waals surface area (Å²) in [6.45, 7) is 1.72. The number of rotatable bonds is 3. The minimum absolute atomic E-state index is 0. The smallest absolute Gasteiger partial charge is 0.238 e. The Morgan fingerprint density at radius 2 is 1.78 bits per heavy atom. The lowest BCUT2D eigenvalue weighted by molar-refractivity contribution is 0.132. The Kier molecular flexibility index (Phi) is 8.21. The first-order chi connectivity index (χ1) is 3.63. The van der Waals surface area contributed by atoms with Crippen LogP contribution >= 0.6 is 12.4 Å². The molecule has 0 aliphatic rings. The van der Waals surface area contributed by atoms with Crippen molar-refractivity contribution in [1.29, 1.82) is 0 Å². The fourth-order valence-corrected chi connectivity index (χ4v) is 0.389. The highest BCUT2D eigenvalue weighted by atomic mass is 35.5. The maximum atomic E-state index is 11.3. The third-order valence-electron chi connectivity index (χ3n) is 0.840. The summed E-state index contributed by atoms with van der Waals surface area (Å²) in [5.41, 5.74) is 5.21. The number of hydrogen-bond acceptors (Lipinski definition) is 1. The summed E-state index contributed by atoms with van der Waals surface area (Å²) in [6, 6.07) is -0.0935. The minimum atomic E-state index is -2.19. The van der Waals surface area contributed by atoms with E-state index in [1.54, 1.807) is 6.92 Å². The van der Waals surface area contributed by atoms with Crippen molar-refractivity contribution in [2.75, 3.05) is 0 Å². The molecule has 0 fully saturated rings. The predicted octanol–water partition coefficient (Wildman–Crippen LogP) is 1.80. The van der Waals surface area contributed by atoms with Gasteiger partial charge in [-0.25, -0.2) is 8.78 Å². The van der Waals surface area contributed by atoms with E-state index in [4.69, 9.17) is 5.73 Å². The van der Waals surface area contributed by atoms with Gasteiger partial charge in [0.05, 0.1) is 0 Å². The molecule has 9 heavy (non-hydrogen) atoms. The van der Waals surface area contributed by atoms with Gasteiger partial charge >= 0.3 is 0 Å². The van der Waals surface area contributed by atoms with E-state index in [0.29, 0.717) is 6.42 Å². The normalized spacial score (nSPS) is 13.0. The molecule has 0 rings (SSSR count). The maximum Gasteiger partial charge on any atom is 0.238 e. The summed E-state index contributed by atoms with van der Waals surface area (Å²) in [6.07, 6.45) is -1.85. The summed E-state index contributed by atoms with van der Waals surface area (Å²) in [4.78, 5) is 0. The van der Waals surface area contributed by atoms with Crippen LogP contribution in [0.4, 0.5) is 8.78 Å². The second kappa shape index (κ2) is 6.23. The van der Waals surface area contributed by atoms with Crippen molar-refractivity contribution < 1.29 is 8.78 Å². The average Bonchev–Trinajstić information content (AvgIpc) is 1.61. The largest absolute Gasteiger partial charge is 0.328 e. The van der Waals surface area contributed by atoms with Crippen molar-refractivity contribution in [3.63, 3.8) is 0 Å². The Balaban J connectivity index is 0. The fourth-order valence-electron chi connectivity index (χ4n) is 0.389. The topological polar surface area (TPSA) is 26.0 Å². The van der Waals surface area contributed by atoms with E-state index in [2.05, 4.69) is 0 Å². The van der Waals surface area contributed by atoms with Crippen molar-refractivity contribution in [2.24, 2.45) is 5.73 Å². The lowest BCUT2D eigenvalue weighted by atomic mass is 10.2. The Bertz CT molecular complexity index is 50.9. The van der Waals surface area contributed by atoms with E-state index in [1.165, 1.54) is 0 Å². The second-order valence-electron chi connectivity index (χ2n) is 1.95. The highest BCUT2D eigenvalue weighted by Gasteiger charge is 2.02. The van der Waals surface area contributed by atoms with Gasteiger partial charge in [-0.05, 0) is 13.3 Å². The quantitative estimate of drug-likeness (QED) is 0.668. The molecule has 0 aromatic heterocycles. The molecular weight excluding hydrogens is 148 g/mol. The van der Waals surface area contributed by atoms with E-state index in [1.807, 2.05) is 0 Å². The molecule has 0 aliphatic heterocycles. The summed E-state index contributed by atoms with van der Waals surface area (Å²) in [5.74, 6) is 0. The molecule has 1 atom stereocenters. The SMILES string of the molecule is CC(N)CCC(F)F.Cl. The second-order valence-corrected chi connectivity index (χ2v) is 1.95. The number of halogens is 3. The van der Waals surface area contributed by atoms with Gasteiger partial charge in [0.15, 0.2) is 0 Å². The van der Waals surface area contributed by atoms with E-state index in [0.717, 1.165) is 0 Å². The Labute approximate surface area is 60.0 Å². The standard InChI is InChI=1S/C5H11F2N.ClH/c1-4(8)2-3-5(6)7;/h4-5H,2-3,8H2,1H3;1H. The molecule has 0 aromatic carbocycles. The van der Waals surface area contributed by atoms with Gasteiger partial charge in [-0.2, -0.15) is 0 Å². The molecule has 58 valence electrons. The van der Waals surface area contributed by atoms with Crippen LogP contribution < -0.4 is 5.73 Å². The first-order valence-electron chi connectivity index (χ1n) is 2.66. The van der Waals surface area contributed by atoms with E-state index >= 15 is 0 Å². The van der Waals surface area contributed by atoms with Crippen LogP contribution in [-0.4, -0.2) is 12.5 Å². The molecule has 0 amide bonds. The monoisotopic (exact) mass is 159 g/mol. The number of hydrogen-bond donors (Lipinski definition) is 1. The zero-order valence-corrected chi connectivity index (χ0v) is 6.13. The van der Waals surface area contributed by atoms with Gasteiger partial charge in [-0.3, -0.25) is 0 Å². The van der Waals surface area contributed by atoms with Crippen LogP contribution in [0, 0.1) is 0 Å². The zero-order chi connectivity index (χ0) is 6.57. The van der Waals surface area contributed by atoms with E-state index in [-0.39, 0.29) is 24.9 Å². The molecule has 0 saturated carbocycles. The summed E-state index contributed by atoms with van der Waals surface area (Å²) in [7, 11) is 0.